The van der Waals surface area contributed by atoms with Gasteiger partial charge >= 0.3 is 11.2 Å². The number of nitro benzene ring substituents is 1. The highest BCUT2D eigenvalue weighted by atomic mass is 32.2. The molecule has 0 unspecified atom stereocenters. The first-order chi connectivity index (χ1) is 11.0. The van der Waals surface area contributed by atoms with Crippen LogP contribution in [0.25, 0.3) is 16.6 Å². The van der Waals surface area contributed by atoms with Gasteiger partial charge < -0.3 is 4.98 Å². The van der Waals surface area contributed by atoms with E-state index in [1.54, 1.807) is 0 Å². The third kappa shape index (κ3) is 2.10. The van der Waals surface area contributed by atoms with Crippen molar-refractivity contribution in [2.24, 2.45) is 0 Å². The first-order valence-corrected chi connectivity index (χ1v) is 7.38. The highest BCUT2D eigenvalue weighted by Gasteiger charge is 2.50. The van der Waals surface area contributed by atoms with E-state index in [2.05, 4.69) is 15.1 Å². The van der Waals surface area contributed by atoms with E-state index in [-0.39, 0.29) is 16.6 Å². The van der Waals surface area contributed by atoms with Gasteiger partial charge in [-0.3, -0.25) is 10.1 Å². The lowest BCUT2D eigenvalue weighted by Crippen LogP contribution is -2.24. The standard InChI is InChI=1S/C10H4F3N5O5S/c11-10(12,13)24(22,23)7-1-4-5(2-6(7)18(20)21)16-9(19)17-8(4)14-3-15-17/h1-3H,(H,14,15). The Kier molecular flexibility index (Phi) is 3.13. The predicted molar refractivity (Wildman–Crippen MR) is 71.0 cm³/mol. The van der Waals surface area contributed by atoms with Crippen LogP contribution in [0.2, 0.25) is 0 Å². The molecular weight excluding hydrogens is 359 g/mol. The van der Waals surface area contributed by atoms with Crippen LogP contribution in [-0.4, -0.2) is 38.4 Å². The highest BCUT2D eigenvalue weighted by molar-refractivity contribution is 7.92. The Morgan fingerprint density at radius 1 is 1.29 bits per heavy atom. The molecular formula is C10H4F3N5O5S. The molecule has 126 valence electrons. The third-order valence-electron chi connectivity index (χ3n) is 3.11. The molecule has 1 aromatic carbocycles. The van der Waals surface area contributed by atoms with Crippen molar-refractivity contribution in [1.82, 2.24) is 19.6 Å². The molecule has 1 N–H and O–H groups in total. The van der Waals surface area contributed by atoms with Crippen LogP contribution >= 0.6 is 0 Å². The minimum atomic E-state index is -6.00. The zero-order valence-corrected chi connectivity index (χ0v) is 11.9. The first kappa shape index (κ1) is 15.9. The summed E-state index contributed by atoms with van der Waals surface area (Å²) in [7, 11) is -6.00. The van der Waals surface area contributed by atoms with E-state index in [1.807, 2.05) is 0 Å². The predicted octanol–water partition coefficient (Wildman–Crippen LogP) is 0.772. The normalized spacial score (nSPS) is 12.8. The van der Waals surface area contributed by atoms with Gasteiger partial charge in [0.15, 0.2) is 4.90 Å². The number of aromatic amines is 1. The van der Waals surface area contributed by atoms with Crippen molar-refractivity contribution in [2.45, 2.75) is 10.4 Å². The quantitative estimate of drug-likeness (QED) is 0.524. The van der Waals surface area contributed by atoms with E-state index in [0.29, 0.717) is 16.6 Å². The van der Waals surface area contributed by atoms with Crippen molar-refractivity contribution in [1.29, 1.82) is 0 Å². The molecule has 14 heteroatoms. The Morgan fingerprint density at radius 3 is 2.54 bits per heavy atom. The molecule has 0 aliphatic heterocycles. The number of alkyl halides is 3. The lowest BCUT2D eigenvalue weighted by molar-refractivity contribution is -0.387. The average molecular weight is 363 g/mol. The molecule has 0 radical (unpaired) electrons. The zero-order chi connectivity index (χ0) is 17.9. The van der Waals surface area contributed by atoms with Crippen molar-refractivity contribution < 1.29 is 26.5 Å². The molecule has 0 spiro atoms. The van der Waals surface area contributed by atoms with E-state index < -0.39 is 36.5 Å². The summed E-state index contributed by atoms with van der Waals surface area (Å²) in [5, 5.41) is 14.3. The number of rotatable bonds is 2. The minimum Gasteiger partial charge on any atom is -0.329 e. The van der Waals surface area contributed by atoms with Crippen molar-refractivity contribution in [3.05, 3.63) is 39.1 Å². The summed E-state index contributed by atoms with van der Waals surface area (Å²) >= 11 is 0. The number of hydrogen-bond donors (Lipinski definition) is 1. The van der Waals surface area contributed by atoms with Crippen molar-refractivity contribution in [2.75, 3.05) is 0 Å². The SMILES string of the molecule is O=c1nc2cc([N+](=O)[O-])c(S(=O)(=O)C(F)(F)F)cc2c2[nH]cnn12. The molecule has 0 fully saturated rings. The largest absolute Gasteiger partial charge is 0.502 e. The Labute approximate surface area is 128 Å². The van der Waals surface area contributed by atoms with Crippen LogP contribution in [0.15, 0.2) is 28.2 Å². The number of fused-ring (bicyclic) bond motifs is 3. The van der Waals surface area contributed by atoms with E-state index in [4.69, 9.17) is 0 Å². The van der Waals surface area contributed by atoms with Gasteiger partial charge in [0.25, 0.3) is 15.5 Å². The monoisotopic (exact) mass is 363 g/mol. The van der Waals surface area contributed by atoms with Crippen LogP contribution in [0.4, 0.5) is 18.9 Å². The van der Waals surface area contributed by atoms with Crippen LogP contribution in [0.1, 0.15) is 0 Å². The summed E-state index contributed by atoms with van der Waals surface area (Å²) in [6.45, 7) is 0. The number of halogens is 3. The fourth-order valence-electron chi connectivity index (χ4n) is 2.08. The van der Waals surface area contributed by atoms with Gasteiger partial charge in [0, 0.05) is 11.5 Å². The van der Waals surface area contributed by atoms with Gasteiger partial charge in [-0.2, -0.15) is 27.8 Å². The maximum Gasteiger partial charge on any atom is 0.502 e. The fourth-order valence-corrected chi connectivity index (χ4v) is 3.01. The van der Waals surface area contributed by atoms with Crippen molar-refractivity contribution in [3.8, 4) is 0 Å². The summed E-state index contributed by atoms with van der Waals surface area (Å²) in [6, 6.07) is 0.937. The summed E-state index contributed by atoms with van der Waals surface area (Å²) in [6.07, 6.45) is 1.02. The third-order valence-corrected chi connectivity index (χ3v) is 4.62. The second-order valence-electron chi connectivity index (χ2n) is 4.49. The van der Waals surface area contributed by atoms with Gasteiger partial charge in [-0.1, -0.05) is 0 Å². The van der Waals surface area contributed by atoms with Gasteiger partial charge in [0.1, 0.15) is 12.0 Å². The van der Waals surface area contributed by atoms with Crippen molar-refractivity contribution >= 4 is 32.1 Å². The maximum absolute atomic E-state index is 12.8. The second-order valence-corrected chi connectivity index (χ2v) is 6.40. The Hall–Kier alpha value is -3.03. The molecule has 0 bridgehead atoms. The van der Waals surface area contributed by atoms with E-state index in [0.717, 1.165) is 6.33 Å². The summed E-state index contributed by atoms with van der Waals surface area (Å²) in [5.74, 6) is 0. The first-order valence-electron chi connectivity index (χ1n) is 5.90. The number of nitrogens with zero attached hydrogens (tertiary/aromatic N) is 4. The van der Waals surface area contributed by atoms with Gasteiger partial charge in [-0.25, -0.2) is 13.2 Å². The Bertz CT molecular complexity index is 1160. The maximum atomic E-state index is 12.8. The summed E-state index contributed by atoms with van der Waals surface area (Å²) in [4.78, 5) is 25.7. The molecule has 3 rings (SSSR count). The van der Waals surface area contributed by atoms with Crippen LogP contribution < -0.4 is 5.69 Å². The molecule has 2 aromatic heterocycles. The minimum absolute atomic E-state index is 0.154. The number of nitro groups is 1. The Balaban J connectivity index is 2.53. The van der Waals surface area contributed by atoms with Crippen molar-refractivity contribution in [3.63, 3.8) is 0 Å². The molecule has 0 aliphatic carbocycles. The van der Waals surface area contributed by atoms with Gasteiger partial charge in [0.05, 0.1) is 10.4 Å². The molecule has 0 saturated heterocycles. The van der Waals surface area contributed by atoms with Crippen LogP contribution in [0.5, 0.6) is 0 Å². The van der Waals surface area contributed by atoms with Gasteiger partial charge in [0.2, 0.25) is 0 Å². The summed E-state index contributed by atoms with van der Waals surface area (Å²) in [5.41, 5.74) is -8.52. The van der Waals surface area contributed by atoms with Gasteiger partial charge in [-0.15, -0.1) is 0 Å². The molecule has 0 aliphatic rings. The lowest BCUT2D eigenvalue weighted by atomic mass is 10.2. The zero-order valence-electron chi connectivity index (χ0n) is 11.1. The molecule has 0 atom stereocenters. The number of sulfone groups is 1. The fraction of sp³-hybridized carbons (Fsp3) is 0.100. The molecule has 2 heterocycles. The number of benzene rings is 1. The Morgan fingerprint density at radius 2 is 1.96 bits per heavy atom. The summed E-state index contributed by atoms with van der Waals surface area (Å²) < 4.78 is 62.3. The number of aromatic nitrogens is 4. The number of H-pyrrole nitrogens is 1. The molecule has 0 saturated carbocycles. The second kappa shape index (κ2) is 4.73. The van der Waals surface area contributed by atoms with E-state index in [1.165, 1.54) is 0 Å². The van der Waals surface area contributed by atoms with Gasteiger partial charge in [-0.05, 0) is 6.07 Å². The van der Waals surface area contributed by atoms with Crippen LogP contribution in [0, 0.1) is 10.1 Å². The molecule has 10 nitrogen and oxygen atoms in total. The topological polar surface area (TPSA) is 140 Å². The number of nitrogens with one attached hydrogen (secondary N) is 1. The highest BCUT2D eigenvalue weighted by Crippen LogP contribution is 2.37. The van der Waals surface area contributed by atoms with Crippen LogP contribution in [-0.2, 0) is 9.84 Å². The lowest BCUT2D eigenvalue weighted by Gasteiger charge is -2.09. The smallest absolute Gasteiger partial charge is 0.329 e. The molecule has 3 aromatic rings. The molecule has 24 heavy (non-hydrogen) atoms. The number of hydrogen-bond acceptors (Lipinski definition) is 7. The average Bonchev–Trinajstić information content (AvgIpc) is 2.95. The molecule has 0 amide bonds. The van der Waals surface area contributed by atoms with Crippen LogP contribution in [0.3, 0.4) is 0 Å². The van der Waals surface area contributed by atoms with E-state index >= 15 is 0 Å². The van der Waals surface area contributed by atoms with E-state index in [9.17, 15) is 36.5 Å².